The molecule has 0 saturated heterocycles. The van der Waals surface area contributed by atoms with Crippen molar-refractivity contribution in [3.05, 3.63) is 62.9 Å². The van der Waals surface area contributed by atoms with E-state index in [0.29, 0.717) is 0 Å². The number of rotatable bonds is 4. The van der Waals surface area contributed by atoms with Crippen LogP contribution in [0.3, 0.4) is 0 Å². The molecule has 0 spiro atoms. The van der Waals surface area contributed by atoms with Crippen LogP contribution in [0, 0.1) is 15.9 Å². The fraction of sp³-hybridized carbons (Fsp3) is 0. The normalized spacial score (nSPS) is 11.1. The van der Waals surface area contributed by atoms with Gasteiger partial charge in [0, 0.05) is 16.6 Å². The van der Waals surface area contributed by atoms with E-state index < -0.39 is 20.8 Å². The minimum absolute atomic E-state index is 0.135. The first kappa shape index (κ1) is 15.4. The zero-order chi connectivity index (χ0) is 15.6. The maximum absolute atomic E-state index is 13.0. The highest BCUT2D eigenvalue weighted by Gasteiger charge is 2.17. The van der Waals surface area contributed by atoms with Gasteiger partial charge in [-0.15, -0.1) is 0 Å². The summed E-state index contributed by atoms with van der Waals surface area (Å²) in [5, 5.41) is 10.5. The Hall–Kier alpha value is -2.00. The number of nitrogens with zero attached hydrogens (tertiary/aromatic N) is 1. The SMILES string of the molecule is O=[N+]([O-])c1ccc(S(=O)(=O)Nc2ccc(F)cc2Br)cc1. The lowest BCUT2D eigenvalue weighted by molar-refractivity contribution is -0.384. The van der Waals surface area contributed by atoms with Crippen LogP contribution < -0.4 is 4.72 Å². The first-order chi connectivity index (χ1) is 9.79. The molecule has 0 heterocycles. The summed E-state index contributed by atoms with van der Waals surface area (Å²) in [5.41, 5.74) is -0.0494. The van der Waals surface area contributed by atoms with Gasteiger partial charge in [0.25, 0.3) is 15.7 Å². The molecule has 0 aliphatic carbocycles. The van der Waals surface area contributed by atoms with Gasteiger partial charge in [-0.2, -0.15) is 0 Å². The van der Waals surface area contributed by atoms with E-state index in [-0.39, 0.29) is 20.7 Å². The second-order valence-electron chi connectivity index (χ2n) is 3.98. The highest BCUT2D eigenvalue weighted by Crippen LogP contribution is 2.26. The molecule has 0 unspecified atom stereocenters. The van der Waals surface area contributed by atoms with Gasteiger partial charge in [0.15, 0.2) is 0 Å². The van der Waals surface area contributed by atoms with Crippen molar-refractivity contribution < 1.29 is 17.7 Å². The van der Waals surface area contributed by atoms with Gasteiger partial charge >= 0.3 is 0 Å². The summed E-state index contributed by atoms with van der Waals surface area (Å²) in [6.07, 6.45) is 0. The Kier molecular flexibility index (Phi) is 4.24. The molecule has 1 N–H and O–H groups in total. The van der Waals surface area contributed by atoms with E-state index in [0.717, 1.165) is 36.4 Å². The largest absolute Gasteiger partial charge is 0.278 e. The summed E-state index contributed by atoms with van der Waals surface area (Å²) >= 11 is 3.05. The fourth-order valence-corrected chi connectivity index (χ4v) is 3.18. The van der Waals surface area contributed by atoms with Gasteiger partial charge in [-0.1, -0.05) is 0 Å². The second kappa shape index (κ2) is 5.78. The van der Waals surface area contributed by atoms with Gasteiger partial charge in [-0.3, -0.25) is 14.8 Å². The zero-order valence-corrected chi connectivity index (χ0v) is 12.7. The molecule has 0 fully saturated rings. The number of anilines is 1. The molecule has 9 heteroatoms. The molecule has 6 nitrogen and oxygen atoms in total. The van der Waals surface area contributed by atoms with Crippen LogP contribution in [-0.2, 0) is 10.0 Å². The first-order valence-electron chi connectivity index (χ1n) is 5.52. The van der Waals surface area contributed by atoms with Crippen molar-refractivity contribution in [1.29, 1.82) is 0 Å². The van der Waals surface area contributed by atoms with Crippen LogP contribution >= 0.6 is 15.9 Å². The number of nitro benzene ring substituents is 1. The summed E-state index contributed by atoms with van der Waals surface area (Å²) in [6.45, 7) is 0. The predicted octanol–water partition coefficient (Wildman–Crippen LogP) is 3.30. The van der Waals surface area contributed by atoms with Crippen LogP contribution in [0.5, 0.6) is 0 Å². The Morgan fingerprint density at radius 3 is 2.29 bits per heavy atom. The molecule has 110 valence electrons. The van der Waals surface area contributed by atoms with Crippen molar-refractivity contribution in [3.63, 3.8) is 0 Å². The third-order valence-corrected chi connectivity index (χ3v) is 4.57. The Morgan fingerprint density at radius 1 is 1.14 bits per heavy atom. The lowest BCUT2D eigenvalue weighted by Gasteiger charge is -2.09. The van der Waals surface area contributed by atoms with Gasteiger partial charge in [-0.05, 0) is 46.3 Å². The summed E-state index contributed by atoms with van der Waals surface area (Å²) in [7, 11) is -3.92. The summed E-state index contributed by atoms with van der Waals surface area (Å²) in [6, 6.07) is 7.92. The van der Waals surface area contributed by atoms with Crippen LogP contribution in [0.1, 0.15) is 0 Å². The Morgan fingerprint density at radius 2 is 1.76 bits per heavy atom. The van der Waals surface area contributed by atoms with Crippen LogP contribution in [0.25, 0.3) is 0 Å². The molecular weight excluding hydrogens is 367 g/mol. The van der Waals surface area contributed by atoms with Crippen LogP contribution in [0.4, 0.5) is 15.8 Å². The van der Waals surface area contributed by atoms with Crippen molar-refractivity contribution in [3.8, 4) is 0 Å². The number of nitro groups is 1. The number of sulfonamides is 1. The fourth-order valence-electron chi connectivity index (χ4n) is 1.52. The van der Waals surface area contributed by atoms with E-state index in [9.17, 15) is 22.9 Å². The van der Waals surface area contributed by atoms with Crippen molar-refractivity contribution in [2.75, 3.05) is 4.72 Å². The Balaban J connectivity index is 2.31. The van der Waals surface area contributed by atoms with Crippen molar-refractivity contribution >= 4 is 37.3 Å². The average Bonchev–Trinajstić information content (AvgIpc) is 2.42. The molecule has 0 aliphatic heterocycles. The van der Waals surface area contributed by atoms with E-state index in [1.165, 1.54) is 6.07 Å². The number of non-ortho nitro benzene ring substituents is 1. The van der Waals surface area contributed by atoms with E-state index in [4.69, 9.17) is 0 Å². The number of nitrogens with one attached hydrogen (secondary N) is 1. The maximum Gasteiger partial charge on any atom is 0.269 e. The molecular formula is C12H8BrFN2O4S. The van der Waals surface area contributed by atoms with Crippen LogP contribution in [-0.4, -0.2) is 13.3 Å². The monoisotopic (exact) mass is 374 g/mol. The maximum atomic E-state index is 13.0. The molecule has 0 atom stereocenters. The molecule has 2 aromatic rings. The third-order valence-electron chi connectivity index (χ3n) is 2.53. The smallest absolute Gasteiger partial charge is 0.269 e. The minimum Gasteiger partial charge on any atom is -0.278 e. The van der Waals surface area contributed by atoms with Crippen molar-refractivity contribution in [2.24, 2.45) is 0 Å². The average molecular weight is 375 g/mol. The van der Waals surface area contributed by atoms with Crippen LogP contribution in [0.15, 0.2) is 51.8 Å². The van der Waals surface area contributed by atoms with Gasteiger partial charge in [0.05, 0.1) is 15.5 Å². The molecule has 0 aliphatic rings. The lowest BCUT2D eigenvalue weighted by Crippen LogP contribution is -2.13. The quantitative estimate of drug-likeness (QED) is 0.656. The van der Waals surface area contributed by atoms with E-state index in [1.807, 2.05) is 0 Å². The molecule has 0 amide bonds. The minimum atomic E-state index is -3.92. The summed E-state index contributed by atoms with van der Waals surface area (Å²) in [4.78, 5) is 9.77. The molecule has 2 rings (SSSR count). The molecule has 0 bridgehead atoms. The van der Waals surface area contributed by atoms with Crippen molar-refractivity contribution in [1.82, 2.24) is 0 Å². The molecule has 2 aromatic carbocycles. The van der Waals surface area contributed by atoms with Gasteiger partial charge in [0.2, 0.25) is 0 Å². The number of hydrogen-bond acceptors (Lipinski definition) is 4. The van der Waals surface area contributed by atoms with E-state index >= 15 is 0 Å². The number of hydrogen-bond donors (Lipinski definition) is 1. The zero-order valence-electron chi connectivity index (χ0n) is 10.3. The number of benzene rings is 2. The predicted molar refractivity (Wildman–Crippen MR) is 78.0 cm³/mol. The molecule has 0 radical (unpaired) electrons. The second-order valence-corrected chi connectivity index (χ2v) is 6.52. The molecule has 0 saturated carbocycles. The number of halogens is 2. The highest BCUT2D eigenvalue weighted by atomic mass is 79.9. The lowest BCUT2D eigenvalue weighted by atomic mass is 10.3. The topological polar surface area (TPSA) is 89.3 Å². The summed E-state index contributed by atoms with van der Waals surface area (Å²) < 4.78 is 39.7. The standard InChI is InChI=1S/C12H8BrFN2O4S/c13-11-7-8(14)1-6-12(11)15-21(19,20)10-4-2-9(3-5-10)16(17)18/h1-7,15H. The van der Waals surface area contributed by atoms with E-state index in [2.05, 4.69) is 20.7 Å². The molecule has 21 heavy (non-hydrogen) atoms. The Bertz CT molecular complexity index is 793. The Labute approximate surface area is 127 Å². The van der Waals surface area contributed by atoms with Gasteiger partial charge < -0.3 is 0 Å². The van der Waals surface area contributed by atoms with E-state index in [1.54, 1.807) is 0 Å². The highest BCUT2D eigenvalue weighted by molar-refractivity contribution is 9.10. The first-order valence-corrected chi connectivity index (χ1v) is 7.79. The summed E-state index contributed by atoms with van der Waals surface area (Å²) in [5.74, 6) is -0.514. The van der Waals surface area contributed by atoms with Crippen LogP contribution in [0.2, 0.25) is 0 Å². The van der Waals surface area contributed by atoms with Crippen molar-refractivity contribution in [2.45, 2.75) is 4.90 Å². The van der Waals surface area contributed by atoms with Gasteiger partial charge in [0.1, 0.15) is 5.82 Å². The molecule has 0 aromatic heterocycles. The van der Waals surface area contributed by atoms with Gasteiger partial charge in [-0.25, -0.2) is 12.8 Å². The third kappa shape index (κ3) is 3.56.